The van der Waals surface area contributed by atoms with E-state index < -0.39 is 0 Å². The van der Waals surface area contributed by atoms with Crippen LogP contribution in [0.5, 0.6) is 0 Å². The Balaban J connectivity index is 1.94. The first-order valence-electron chi connectivity index (χ1n) is 4.31. The van der Waals surface area contributed by atoms with Crippen molar-refractivity contribution in [2.75, 3.05) is 27.2 Å². The van der Waals surface area contributed by atoms with E-state index in [0.717, 1.165) is 19.6 Å². The molecule has 1 N–H and O–H groups in total. The van der Waals surface area contributed by atoms with Gasteiger partial charge in [-0.05, 0) is 19.3 Å². The molecule has 1 aliphatic rings. The molecule has 0 aromatic carbocycles. The van der Waals surface area contributed by atoms with Crippen LogP contribution < -0.4 is 5.43 Å². The van der Waals surface area contributed by atoms with E-state index in [1.807, 2.05) is 19.1 Å². The summed E-state index contributed by atoms with van der Waals surface area (Å²) >= 11 is 0. The summed E-state index contributed by atoms with van der Waals surface area (Å²) in [7, 11) is 4.02. The first-order valence-corrected chi connectivity index (χ1v) is 4.31. The van der Waals surface area contributed by atoms with E-state index in [1.165, 1.54) is 12.8 Å². The maximum absolute atomic E-state index is 5.48. The number of nitrogens with one attached hydrogen (secondary N) is 1. The molecule has 0 aromatic heterocycles. The molecular weight excluding hydrogens is 140 g/mol. The molecule has 0 bridgehead atoms. The molecule has 1 heterocycles. The Morgan fingerprint density at radius 1 is 1.55 bits per heavy atom. The van der Waals surface area contributed by atoms with Gasteiger partial charge in [0.2, 0.25) is 0 Å². The van der Waals surface area contributed by atoms with Gasteiger partial charge < -0.3 is 4.74 Å². The molecule has 3 nitrogen and oxygen atoms in total. The van der Waals surface area contributed by atoms with Gasteiger partial charge in [-0.25, -0.2) is 0 Å². The van der Waals surface area contributed by atoms with Crippen molar-refractivity contribution in [3.8, 4) is 0 Å². The van der Waals surface area contributed by atoms with Crippen molar-refractivity contribution in [2.24, 2.45) is 0 Å². The highest BCUT2D eigenvalue weighted by Crippen LogP contribution is 2.14. The zero-order valence-electron chi connectivity index (χ0n) is 7.47. The third-order valence-electron chi connectivity index (χ3n) is 1.92. The Hall–Kier alpha value is -0.120. The van der Waals surface area contributed by atoms with Gasteiger partial charge in [-0.3, -0.25) is 10.4 Å². The normalized spacial score (nSPS) is 24.8. The van der Waals surface area contributed by atoms with Crippen LogP contribution >= 0.6 is 0 Å². The molecule has 3 heteroatoms. The lowest BCUT2D eigenvalue weighted by Gasteiger charge is -2.14. The van der Waals surface area contributed by atoms with Crippen LogP contribution in [0.1, 0.15) is 19.3 Å². The quantitative estimate of drug-likeness (QED) is 0.607. The van der Waals surface area contributed by atoms with Crippen molar-refractivity contribution in [3.63, 3.8) is 0 Å². The van der Waals surface area contributed by atoms with Gasteiger partial charge >= 0.3 is 0 Å². The van der Waals surface area contributed by atoms with E-state index in [4.69, 9.17) is 4.74 Å². The smallest absolute Gasteiger partial charge is 0.0588 e. The minimum Gasteiger partial charge on any atom is -0.378 e. The molecule has 0 saturated carbocycles. The van der Waals surface area contributed by atoms with Gasteiger partial charge in [-0.2, -0.15) is 0 Å². The fraction of sp³-hybridized carbons (Fsp3) is 1.00. The van der Waals surface area contributed by atoms with Crippen LogP contribution in [-0.2, 0) is 4.74 Å². The molecule has 1 rings (SSSR count). The third kappa shape index (κ3) is 3.70. The van der Waals surface area contributed by atoms with E-state index >= 15 is 0 Å². The Kier molecular flexibility index (Phi) is 3.83. The van der Waals surface area contributed by atoms with Crippen molar-refractivity contribution in [1.29, 1.82) is 0 Å². The summed E-state index contributed by atoms with van der Waals surface area (Å²) in [4.78, 5) is 0. The van der Waals surface area contributed by atoms with Crippen LogP contribution in [0.3, 0.4) is 0 Å². The van der Waals surface area contributed by atoms with Crippen LogP contribution in [0.4, 0.5) is 0 Å². The minimum atomic E-state index is 0.516. The molecular formula is C8H18N2O. The highest BCUT2D eigenvalue weighted by Gasteiger charge is 2.14. The predicted molar refractivity (Wildman–Crippen MR) is 45.3 cm³/mol. The Bertz CT molecular complexity index is 100. The highest BCUT2D eigenvalue weighted by atomic mass is 16.5. The number of hydrazine groups is 1. The van der Waals surface area contributed by atoms with Crippen LogP contribution in [0.2, 0.25) is 0 Å². The highest BCUT2D eigenvalue weighted by molar-refractivity contribution is 4.64. The fourth-order valence-corrected chi connectivity index (χ4v) is 1.32. The standard InChI is InChI=1S/C8H18N2O/c1-10(2)9-6-5-8-4-3-7-11-8/h8-9H,3-7H2,1-2H3. The zero-order valence-corrected chi connectivity index (χ0v) is 7.47. The molecule has 1 fully saturated rings. The molecule has 0 spiro atoms. The molecule has 0 amide bonds. The topological polar surface area (TPSA) is 24.5 Å². The Morgan fingerprint density at radius 3 is 2.91 bits per heavy atom. The number of nitrogens with zero attached hydrogens (tertiary/aromatic N) is 1. The number of hydrogen-bond donors (Lipinski definition) is 1. The average Bonchev–Trinajstić information content (AvgIpc) is 2.39. The summed E-state index contributed by atoms with van der Waals surface area (Å²) in [5.74, 6) is 0. The zero-order chi connectivity index (χ0) is 8.10. The summed E-state index contributed by atoms with van der Waals surface area (Å²) < 4.78 is 5.48. The molecule has 1 unspecified atom stereocenters. The van der Waals surface area contributed by atoms with E-state index in [1.54, 1.807) is 0 Å². The van der Waals surface area contributed by atoms with E-state index in [0.29, 0.717) is 6.10 Å². The van der Waals surface area contributed by atoms with Crippen LogP contribution in [-0.4, -0.2) is 38.4 Å². The lowest BCUT2D eigenvalue weighted by atomic mass is 10.2. The van der Waals surface area contributed by atoms with Gasteiger partial charge in [0.15, 0.2) is 0 Å². The number of rotatable bonds is 4. The first kappa shape index (κ1) is 8.97. The van der Waals surface area contributed by atoms with E-state index in [9.17, 15) is 0 Å². The monoisotopic (exact) mass is 158 g/mol. The average molecular weight is 158 g/mol. The summed E-state index contributed by atoms with van der Waals surface area (Å²) in [6.07, 6.45) is 4.14. The van der Waals surface area contributed by atoms with Crippen molar-refractivity contribution >= 4 is 0 Å². The van der Waals surface area contributed by atoms with E-state index in [2.05, 4.69) is 5.43 Å². The second-order valence-corrected chi connectivity index (χ2v) is 3.23. The molecule has 66 valence electrons. The van der Waals surface area contributed by atoms with Gasteiger partial charge in [0.1, 0.15) is 0 Å². The number of ether oxygens (including phenoxy) is 1. The number of hydrogen-bond acceptors (Lipinski definition) is 3. The fourth-order valence-electron chi connectivity index (χ4n) is 1.32. The van der Waals surface area contributed by atoms with Crippen molar-refractivity contribution in [1.82, 2.24) is 10.4 Å². The largest absolute Gasteiger partial charge is 0.378 e. The molecule has 1 atom stereocenters. The second kappa shape index (κ2) is 4.70. The lowest BCUT2D eigenvalue weighted by Crippen LogP contribution is -2.32. The van der Waals surface area contributed by atoms with Gasteiger partial charge in [-0.1, -0.05) is 0 Å². The maximum Gasteiger partial charge on any atom is 0.0588 e. The van der Waals surface area contributed by atoms with Crippen molar-refractivity contribution in [3.05, 3.63) is 0 Å². The Morgan fingerprint density at radius 2 is 2.36 bits per heavy atom. The Labute approximate surface area is 68.7 Å². The van der Waals surface area contributed by atoms with Gasteiger partial charge in [0.05, 0.1) is 6.10 Å². The lowest BCUT2D eigenvalue weighted by molar-refractivity contribution is 0.0989. The summed E-state index contributed by atoms with van der Waals surface area (Å²) in [6, 6.07) is 0. The molecule has 11 heavy (non-hydrogen) atoms. The molecule has 1 aliphatic heterocycles. The molecule has 0 radical (unpaired) electrons. The van der Waals surface area contributed by atoms with Crippen molar-refractivity contribution < 1.29 is 4.74 Å². The van der Waals surface area contributed by atoms with Gasteiger partial charge in [0, 0.05) is 27.2 Å². The first-order chi connectivity index (χ1) is 5.29. The molecule has 0 aromatic rings. The molecule has 0 aliphatic carbocycles. The van der Waals surface area contributed by atoms with Gasteiger partial charge in [0.25, 0.3) is 0 Å². The van der Waals surface area contributed by atoms with Gasteiger partial charge in [-0.15, -0.1) is 0 Å². The predicted octanol–water partition coefficient (Wildman–Crippen LogP) is 0.622. The van der Waals surface area contributed by atoms with Crippen molar-refractivity contribution in [2.45, 2.75) is 25.4 Å². The summed E-state index contributed by atoms with van der Waals surface area (Å²) in [6.45, 7) is 1.99. The van der Waals surface area contributed by atoms with E-state index in [-0.39, 0.29) is 0 Å². The SMILES string of the molecule is CN(C)NCCC1CCCO1. The van der Waals surface area contributed by atoms with Crippen LogP contribution in [0.25, 0.3) is 0 Å². The molecule has 1 saturated heterocycles. The minimum absolute atomic E-state index is 0.516. The van der Waals surface area contributed by atoms with Crippen LogP contribution in [0, 0.1) is 0 Å². The third-order valence-corrected chi connectivity index (χ3v) is 1.92. The summed E-state index contributed by atoms with van der Waals surface area (Å²) in [5, 5.41) is 1.98. The second-order valence-electron chi connectivity index (χ2n) is 3.23. The summed E-state index contributed by atoms with van der Waals surface area (Å²) in [5.41, 5.74) is 3.23. The maximum atomic E-state index is 5.48. The van der Waals surface area contributed by atoms with Crippen LogP contribution in [0.15, 0.2) is 0 Å².